The minimum atomic E-state index is -0.494. The molecule has 1 aliphatic rings. The van der Waals surface area contributed by atoms with E-state index >= 15 is 0 Å². The van der Waals surface area contributed by atoms with Gasteiger partial charge in [-0.2, -0.15) is 0 Å². The zero-order valence-electron chi connectivity index (χ0n) is 19.7. The molecule has 0 unspecified atom stereocenters. The smallest absolute Gasteiger partial charge is 0.270 e. The van der Waals surface area contributed by atoms with Crippen molar-refractivity contribution in [3.8, 4) is 11.4 Å². The average Bonchev–Trinajstić information content (AvgIpc) is 3.10. The number of nitrogens with zero attached hydrogens (tertiary/aromatic N) is 2. The predicted octanol–water partition coefficient (Wildman–Crippen LogP) is 4.89. The molecule has 2 aromatic carbocycles. The molecule has 0 bridgehead atoms. The molecule has 34 heavy (non-hydrogen) atoms. The molecule has 0 spiro atoms. The summed E-state index contributed by atoms with van der Waals surface area (Å²) in [6.07, 6.45) is 2.38. The standard InChI is InChI=1S/C27H27N3O3S/c1-5-19-9-7-8-10-24(19)30-26(32)23(25(31)28-27(30)34)16-20-15-17(3)29(18(20)4)21-11-13-22(14-12-21)33-6-2/h7-16H,5-6H2,1-4H3,(H,28,31,34)/b23-16+. The van der Waals surface area contributed by atoms with Crippen molar-refractivity contribution in [2.24, 2.45) is 0 Å². The molecule has 0 radical (unpaired) electrons. The summed E-state index contributed by atoms with van der Waals surface area (Å²) in [5.41, 5.74) is 5.38. The van der Waals surface area contributed by atoms with Crippen LogP contribution < -0.4 is 15.0 Å². The first-order chi connectivity index (χ1) is 16.3. The Kier molecular flexibility index (Phi) is 6.65. The third-order valence-electron chi connectivity index (χ3n) is 5.89. The van der Waals surface area contributed by atoms with Crippen LogP contribution in [0.4, 0.5) is 5.69 Å². The van der Waals surface area contributed by atoms with Gasteiger partial charge in [-0.25, -0.2) is 0 Å². The second-order valence-corrected chi connectivity index (χ2v) is 8.42. The van der Waals surface area contributed by atoms with E-state index in [4.69, 9.17) is 17.0 Å². The molecule has 1 N–H and O–H groups in total. The van der Waals surface area contributed by atoms with Gasteiger partial charge in [0.15, 0.2) is 5.11 Å². The molecule has 6 nitrogen and oxygen atoms in total. The highest BCUT2D eigenvalue weighted by atomic mass is 32.1. The molecular weight excluding hydrogens is 446 g/mol. The number of hydrogen-bond acceptors (Lipinski definition) is 4. The molecule has 7 heteroatoms. The Morgan fingerprint density at radius 1 is 1.03 bits per heavy atom. The van der Waals surface area contributed by atoms with Crippen LogP contribution in [0.1, 0.15) is 36.4 Å². The number of aromatic nitrogens is 1. The molecule has 0 aliphatic carbocycles. The number of rotatable bonds is 6. The highest BCUT2D eigenvalue weighted by Gasteiger charge is 2.35. The van der Waals surface area contributed by atoms with Crippen molar-refractivity contribution in [2.45, 2.75) is 34.1 Å². The van der Waals surface area contributed by atoms with Crippen molar-refractivity contribution in [3.05, 3.63) is 82.7 Å². The van der Waals surface area contributed by atoms with Gasteiger partial charge >= 0.3 is 0 Å². The lowest BCUT2D eigenvalue weighted by Crippen LogP contribution is -2.54. The number of anilines is 1. The maximum Gasteiger partial charge on any atom is 0.270 e. The van der Waals surface area contributed by atoms with Crippen LogP contribution in [0.2, 0.25) is 0 Å². The average molecular weight is 474 g/mol. The van der Waals surface area contributed by atoms with Crippen LogP contribution in [0.5, 0.6) is 5.75 Å². The summed E-state index contributed by atoms with van der Waals surface area (Å²) in [7, 11) is 0. The number of carbonyl (C=O) groups is 2. The van der Waals surface area contributed by atoms with Crippen molar-refractivity contribution in [1.29, 1.82) is 0 Å². The maximum absolute atomic E-state index is 13.5. The fraction of sp³-hybridized carbons (Fsp3) is 0.222. The molecule has 1 fully saturated rings. The number of carbonyl (C=O) groups excluding carboxylic acids is 2. The molecule has 174 valence electrons. The summed E-state index contributed by atoms with van der Waals surface area (Å²) >= 11 is 5.36. The molecule has 0 saturated carbocycles. The maximum atomic E-state index is 13.5. The van der Waals surface area contributed by atoms with E-state index < -0.39 is 11.8 Å². The van der Waals surface area contributed by atoms with Crippen molar-refractivity contribution >= 4 is 40.9 Å². The number of aryl methyl sites for hydroxylation is 2. The highest BCUT2D eigenvalue weighted by Crippen LogP contribution is 2.28. The van der Waals surface area contributed by atoms with Gasteiger partial charge < -0.3 is 9.30 Å². The molecule has 2 heterocycles. The molecule has 2 amide bonds. The molecule has 1 aromatic heterocycles. The van der Waals surface area contributed by atoms with Gasteiger partial charge in [0.25, 0.3) is 11.8 Å². The van der Waals surface area contributed by atoms with Gasteiger partial charge in [-0.1, -0.05) is 25.1 Å². The van der Waals surface area contributed by atoms with Crippen molar-refractivity contribution < 1.29 is 14.3 Å². The first-order valence-electron chi connectivity index (χ1n) is 11.3. The van der Waals surface area contributed by atoms with E-state index in [1.165, 1.54) is 4.90 Å². The second kappa shape index (κ2) is 9.65. The van der Waals surface area contributed by atoms with Crippen LogP contribution in [-0.4, -0.2) is 28.1 Å². The van der Waals surface area contributed by atoms with Crippen LogP contribution in [0.25, 0.3) is 11.8 Å². The van der Waals surface area contributed by atoms with Gasteiger partial charge in [0.1, 0.15) is 11.3 Å². The van der Waals surface area contributed by atoms with E-state index in [9.17, 15) is 9.59 Å². The van der Waals surface area contributed by atoms with E-state index in [2.05, 4.69) is 9.88 Å². The molecule has 4 rings (SSSR count). The molecule has 1 aliphatic heterocycles. The number of nitrogens with one attached hydrogen (secondary N) is 1. The molecular formula is C27H27N3O3S. The summed E-state index contributed by atoms with van der Waals surface area (Å²) in [6, 6.07) is 17.4. The minimum absolute atomic E-state index is 0.0476. The van der Waals surface area contributed by atoms with E-state index in [1.54, 1.807) is 6.08 Å². The topological polar surface area (TPSA) is 63.6 Å². The lowest BCUT2D eigenvalue weighted by atomic mass is 10.0. The number of thiocarbonyl (C=S) groups is 1. The molecule has 0 atom stereocenters. The van der Waals surface area contributed by atoms with Gasteiger partial charge in [-0.15, -0.1) is 0 Å². The first kappa shape index (κ1) is 23.4. The Bertz CT molecular complexity index is 1310. The first-order valence-corrected chi connectivity index (χ1v) is 11.7. The Hall–Kier alpha value is -3.71. The van der Waals surface area contributed by atoms with Crippen LogP contribution >= 0.6 is 12.2 Å². The van der Waals surface area contributed by atoms with Crippen molar-refractivity contribution in [2.75, 3.05) is 11.5 Å². The van der Waals surface area contributed by atoms with Gasteiger partial charge in [-0.3, -0.25) is 19.8 Å². The molecule has 1 saturated heterocycles. The van der Waals surface area contributed by atoms with E-state index in [-0.39, 0.29) is 10.7 Å². The third kappa shape index (κ3) is 4.26. The number of benzene rings is 2. The Balaban J connectivity index is 1.73. The lowest BCUT2D eigenvalue weighted by Gasteiger charge is -2.30. The van der Waals surface area contributed by atoms with E-state index in [0.717, 1.165) is 40.4 Å². The quantitative estimate of drug-likeness (QED) is 0.315. The Morgan fingerprint density at radius 2 is 1.74 bits per heavy atom. The zero-order valence-corrected chi connectivity index (χ0v) is 20.5. The van der Waals surface area contributed by atoms with Gasteiger partial charge in [0, 0.05) is 17.1 Å². The minimum Gasteiger partial charge on any atom is -0.494 e. The summed E-state index contributed by atoms with van der Waals surface area (Å²) in [4.78, 5) is 27.7. The van der Waals surface area contributed by atoms with E-state index in [1.807, 2.05) is 82.3 Å². The lowest BCUT2D eigenvalue weighted by molar-refractivity contribution is -0.122. The SMILES string of the molecule is CCOc1ccc(-n2c(C)cc(/C=C3\C(=O)NC(=S)N(c4ccccc4CC)C3=O)c2C)cc1. The fourth-order valence-electron chi connectivity index (χ4n) is 4.25. The third-order valence-corrected chi connectivity index (χ3v) is 6.18. The predicted molar refractivity (Wildman–Crippen MR) is 138 cm³/mol. The number of para-hydroxylation sites is 1. The van der Waals surface area contributed by atoms with Gasteiger partial charge in [0.05, 0.1) is 12.3 Å². The zero-order chi connectivity index (χ0) is 24.4. The van der Waals surface area contributed by atoms with Crippen LogP contribution in [0, 0.1) is 13.8 Å². The van der Waals surface area contributed by atoms with Crippen LogP contribution in [0.3, 0.4) is 0 Å². The van der Waals surface area contributed by atoms with Gasteiger partial charge in [-0.05, 0) is 93.0 Å². The Labute approximate surface area is 204 Å². The number of ether oxygens (including phenoxy) is 1. The van der Waals surface area contributed by atoms with E-state index in [0.29, 0.717) is 12.3 Å². The summed E-state index contributed by atoms with van der Waals surface area (Å²) in [6.45, 7) is 8.54. The number of hydrogen-bond donors (Lipinski definition) is 1. The Morgan fingerprint density at radius 3 is 2.41 bits per heavy atom. The fourth-order valence-corrected chi connectivity index (χ4v) is 4.52. The van der Waals surface area contributed by atoms with Gasteiger partial charge in [0.2, 0.25) is 0 Å². The normalized spacial score (nSPS) is 15.1. The van der Waals surface area contributed by atoms with Crippen LogP contribution in [-0.2, 0) is 16.0 Å². The summed E-state index contributed by atoms with van der Waals surface area (Å²) in [5.74, 6) is -0.115. The monoisotopic (exact) mass is 473 g/mol. The van der Waals surface area contributed by atoms with Crippen LogP contribution in [0.15, 0.2) is 60.2 Å². The second-order valence-electron chi connectivity index (χ2n) is 8.03. The van der Waals surface area contributed by atoms with Crippen molar-refractivity contribution in [1.82, 2.24) is 9.88 Å². The highest BCUT2D eigenvalue weighted by molar-refractivity contribution is 7.80. The largest absolute Gasteiger partial charge is 0.494 e. The van der Waals surface area contributed by atoms with Crippen molar-refractivity contribution in [3.63, 3.8) is 0 Å². The molecule has 3 aromatic rings. The summed E-state index contributed by atoms with van der Waals surface area (Å²) < 4.78 is 7.63. The number of amides is 2. The summed E-state index contributed by atoms with van der Waals surface area (Å²) in [5, 5.41) is 2.77.